The topological polar surface area (TPSA) is 113 Å². The van der Waals surface area contributed by atoms with Gasteiger partial charge in [-0.05, 0) is 24.6 Å². The van der Waals surface area contributed by atoms with Gasteiger partial charge in [-0.25, -0.2) is 4.79 Å². The van der Waals surface area contributed by atoms with Gasteiger partial charge >= 0.3 is 5.97 Å². The van der Waals surface area contributed by atoms with Crippen molar-refractivity contribution in [3.05, 3.63) is 35.4 Å². The summed E-state index contributed by atoms with van der Waals surface area (Å²) in [5.74, 6) is -2.19. The minimum absolute atomic E-state index is 0.253. The number of nitrogens with two attached hydrogens (primary N) is 1. The zero-order chi connectivity index (χ0) is 13.1. The minimum Gasteiger partial charge on any atom is -0.478 e. The van der Waals surface area contributed by atoms with E-state index >= 15 is 0 Å². The first kappa shape index (κ1) is 13.1. The van der Waals surface area contributed by atoms with Gasteiger partial charge in [0.05, 0.1) is 0 Å². The SMILES string of the molecule is CC(O)(NC(=O)c1ccc(CN)cc1)C(=O)O. The predicted molar refractivity (Wildman–Crippen MR) is 60.1 cm³/mol. The van der Waals surface area contributed by atoms with Crippen molar-refractivity contribution in [2.45, 2.75) is 19.2 Å². The minimum atomic E-state index is -2.29. The lowest BCUT2D eigenvalue weighted by atomic mass is 10.1. The maximum atomic E-state index is 11.6. The maximum Gasteiger partial charge on any atom is 0.356 e. The summed E-state index contributed by atoms with van der Waals surface area (Å²) in [4.78, 5) is 22.2. The molecule has 6 heteroatoms. The molecule has 1 rings (SSSR count). The maximum absolute atomic E-state index is 11.6. The van der Waals surface area contributed by atoms with Crippen LogP contribution in [0.15, 0.2) is 24.3 Å². The Morgan fingerprint density at radius 1 is 1.35 bits per heavy atom. The van der Waals surface area contributed by atoms with Crippen molar-refractivity contribution in [1.82, 2.24) is 5.32 Å². The third-order valence-corrected chi connectivity index (χ3v) is 2.23. The van der Waals surface area contributed by atoms with E-state index in [0.29, 0.717) is 6.54 Å². The van der Waals surface area contributed by atoms with Gasteiger partial charge in [-0.15, -0.1) is 0 Å². The molecule has 0 aliphatic heterocycles. The van der Waals surface area contributed by atoms with Gasteiger partial charge in [0.2, 0.25) is 5.72 Å². The first-order valence-corrected chi connectivity index (χ1v) is 4.94. The summed E-state index contributed by atoms with van der Waals surface area (Å²) in [6.45, 7) is 1.34. The van der Waals surface area contributed by atoms with Crippen LogP contribution in [0.25, 0.3) is 0 Å². The summed E-state index contributed by atoms with van der Waals surface area (Å²) in [6.07, 6.45) is 0. The molecule has 1 unspecified atom stereocenters. The highest BCUT2D eigenvalue weighted by molar-refractivity contribution is 5.97. The second-order valence-corrected chi connectivity index (χ2v) is 3.73. The highest BCUT2D eigenvalue weighted by atomic mass is 16.4. The number of hydrogen-bond acceptors (Lipinski definition) is 4. The molecule has 0 aliphatic rings. The van der Waals surface area contributed by atoms with E-state index in [9.17, 15) is 14.7 Å². The van der Waals surface area contributed by atoms with Crippen molar-refractivity contribution in [2.75, 3.05) is 0 Å². The second kappa shape index (κ2) is 4.94. The number of amides is 1. The van der Waals surface area contributed by atoms with Gasteiger partial charge in [-0.2, -0.15) is 0 Å². The van der Waals surface area contributed by atoms with Crippen molar-refractivity contribution in [2.24, 2.45) is 5.73 Å². The molecule has 0 fully saturated rings. The van der Waals surface area contributed by atoms with E-state index in [2.05, 4.69) is 0 Å². The highest BCUT2D eigenvalue weighted by Crippen LogP contribution is 2.06. The molecule has 0 bridgehead atoms. The molecule has 0 aromatic heterocycles. The number of carboxylic acid groups (broad SMARTS) is 1. The summed E-state index contributed by atoms with van der Waals surface area (Å²) in [5.41, 5.74) is 4.22. The van der Waals surface area contributed by atoms with Crippen LogP contribution in [0.1, 0.15) is 22.8 Å². The number of carbonyl (C=O) groups excluding carboxylic acids is 1. The zero-order valence-corrected chi connectivity index (χ0v) is 9.30. The van der Waals surface area contributed by atoms with E-state index in [1.165, 1.54) is 12.1 Å². The summed E-state index contributed by atoms with van der Waals surface area (Å²) >= 11 is 0. The molecule has 6 nitrogen and oxygen atoms in total. The molecule has 1 amide bonds. The normalized spacial score (nSPS) is 13.8. The molecule has 1 aromatic carbocycles. The van der Waals surface area contributed by atoms with Gasteiger partial charge in [0.1, 0.15) is 0 Å². The second-order valence-electron chi connectivity index (χ2n) is 3.73. The Morgan fingerprint density at radius 2 is 1.88 bits per heavy atom. The van der Waals surface area contributed by atoms with E-state index in [1.807, 2.05) is 5.32 Å². The predicted octanol–water partition coefficient (Wildman–Crippen LogP) is -0.332. The Balaban J connectivity index is 2.80. The Bertz CT molecular complexity index is 426. The molecule has 0 radical (unpaired) electrons. The Labute approximate surface area is 98.1 Å². The Kier molecular flexibility index (Phi) is 3.82. The van der Waals surface area contributed by atoms with E-state index < -0.39 is 17.6 Å². The van der Waals surface area contributed by atoms with Crippen LogP contribution in [0.2, 0.25) is 0 Å². The van der Waals surface area contributed by atoms with Gasteiger partial charge in [0.15, 0.2) is 0 Å². The summed E-state index contributed by atoms with van der Waals surface area (Å²) in [7, 11) is 0. The number of aliphatic hydroxyl groups is 1. The van der Waals surface area contributed by atoms with Crippen LogP contribution < -0.4 is 11.1 Å². The highest BCUT2D eigenvalue weighted by Gasteiger charge is 2.31. The molecule has 92 valence electrons. The van der Waals surface area contributed by atoms with E-state index in [4.69, 9.17) is 10.8 Å². The quantitative estimate of drug-likeness (QED) is 0.536. The average Bonchev–Trinajstić information content (AvgIpc) is 2.28. The van der Waals surface area contributed by atoms with Crippen molar-refractivity contribution in [3.8, 4) is 0 Å². The number of carboxylic acids is 1. The molecule has 5 N–H and O–H groups in total. The lowest BCUT2D eigenvalue weighted by molar-refractivity contribution is -0.158. The van der Waals surface area contributed by atoms with E-state index in [-0.39, 0.29) is 5.56 Å². The molecule has 1 atom stereocenters. The molecule has 0 heterocycles. The third kappa shape index (κ3) is 3.27. The number of rotatable bonds is 4. The van der Waals surface area contributed by atoms with Crippen LogP contribution in [0, 0.1) is 0 Å². The third-order valence-electron chi connectivity index (χ3n) is 2.23. The first-order valence-electron chi connectivity index (χ1n) is 4.94. The number of nitrogens with one attached hydrogen (secondary N) is 1. The van der Waals surface area contributed by atoms with Crippen LogP contribution in [0.5, 0.6) is 0 Å². The van der Waals surface area contributed by atoms with Crippen molar-refractivity contribution >= 4 is 11.9 Å². The lowest BCUT2D eigenvalue weighted by Gasteiger charge is -2.19. The number of hydrogen-bond donors (Lipinski definition) is 4. The van der Waals surface area contributed by atoms with Crippen LogP contribution in [-0.2, 0) is 11.3 Å². The smallest absolute Gasteiger partial charge is 0.356 e. The van der Waals surface area contributed by atoms with Gasteiger partial charge in [-0.1, -0.05) is 12.1 Å². The number of aliphatic carboxylic acids is 1. The fraction of sp³-hybridized carbons (Fsp3) is 0.273. The summed E-state index contributed by atoms with van der Waals surface area (Å²) in [6, 6.07) is 6.33. The molecule has 17 heavy (non-hydrogen) atoms. The zero-order valence-electron chi connectivity index (χ0n) is 9.30. The first-order chi connectivity index (χ1) is 7.86. The largest absolute Gasteiger partial charge is 0.478 e. The fourth-order valence-corrected chi connectivity index (χ4v) is 1.14. The molecule has 1 aromatic rings. The van der Waals surface area contributed by atoms with Gasteiger partial charge in [-0.3, -0.25) is 4.79 Å². The van der Waals surface area contributed by atoms with Crippen LogP contribution in [0.4, 0.5) is 0 Å². The summed E-state index contributed by atoms with van der Waals surface area (Å²) in [5, 5.41) is 20.0. The van der Waals surface area contributed by atoms with Crippen molar-refractivity contribution in [1.29, 1.82) is 0 Å². The molecule has 0 saturated carbocycles. The van der Waals surface area contributed by atoms with Crippen molar-refractivity contribution < 1.29 is 19.8 Å². The van der Waals surface area contributed by atoms with E-state index in [0.717, 1.165) is 12.5 Å². The molecule has 0 aliphatic carbocycles. The van der Waals surface area contributed by atoms with Crippen LogP contribution in [0.3, 0.4) is 0 Å². The summed E-state index contributed by atoms with van der Waals surface area (Å²) < 4.78 is 0. The van der Waals surface area contributed by atoms with Crippen molar-refractivity contribution in [3.63, 3.8) is 0 Å². The van der Waals surface area contributed by atoms with Gasteiger partial charge in [0, 0.05) is 12.1 Å². The number of benzene rings is 1. The Hall–Kier alpha value is -1.92. The lowest BCUT2D eigenvalue weighted by Crippen LogP contribution is -2.52. The van der Waals surface area contributed by atoms with Gasteiger partial charge in [0.25, 0.3) is 5.91 Å². The van der Waals surface area contributed by atoms with Crippen LogP contribution >= 0.6 is 0 Å². The molecular formula is C11H14N2O4. The fourth-order valence-electron chi connectivity index (χ4n) is 1.14. The standard InChI is InChI=1S/C11H14N2O4/c1-11(17,10(15)16)13-9(14)8-4-2-7(6-12)3-5-8/h2-5,17H,6,12H2,1H3,(H,13,14)(H,15,16). The average molecular weight is 238 g/mol. The van der Waals surface area contributed by atoms with Crippen LogP contribution in [-0.4, -0.2) is 27.8 Å². The molecule has 0 spiro atoms. The van der Waals surface area contributed by atoms with Gasteiger partial charge < -0.3 is 21.3 Å². The Morgan fingerprint density at radius 3 is 2.29 bits per heavy atom. The molecule has 0 saturated heterocycles. The number of carbonyl (C=O) groups is 2. The molecular weight excluding hydrogens is 224 g/mol. The van der Waals surface area contributed by atoms with E-state index in [1.54, 1.807) is 12.1 Å². The monoisotopic (exact) mass is 238 g/mol.